The van der Waals surface area contributed by atoms with Crippen LogP contribution in [0, 0.1) is 4.77 Å². The van der Waals surface area contributed by atoms with E-state index in [0.29, 0.717) is 36.8 Å². The number of rotatable bonds is 8. The molecule has 1 saturated heterocycles. The number of methoxy groups -OCH3 is 1. The number of cyclic esters (lactones) is 1. The van der Waals surface area contributed by atoms with Crippen LogP contribution in [0.2, 0.25) is 0 Å². The van der Waals surface area contributed by atoms with Crippen LogP contribution in [0.4, 0.5) is 10.5 Å². The molecular weight excluding hydrogens is 430 g/mol. The summed E-state index contributed by atoms with van der Waals surface area (Å²) in [5, 5.41) is 10.0. The molecule has 0 atom stereocenters. The second kappa shape index (κ2) is 9.65. The number of ether oxygens (including phenoxy) is 2. The average Bonchev–Trinajstić information content (AvgIpc) is 3.41. The van der Waals surface area contributed by atoms with Crippen molar-refractivity contribution in [1.82, 2.24) is 20.1 Å². The topological polar surface area (TPSA) is 101 Å². The van der Waals surface area contributed by atoms with Gasteiger partial charge in [-0.1, -0.05) is 12.1 Å². The Morgan fingerprint density at radius 2 is 2.09 bits per heavy atom. The van der Waals surface area contributed by atoms with Gasteiger partial charge in [0.2, 0.25) is 5.91 Å². The first-order valence-corrected chi connectivity index (χ1v) is 10.6. The lowest BCUT2D eigenvalue weighted by Gasteiger charge is -2.14. The highest BCUT2D eigenvalue weighted by Crippen LogP contribution is 2.22. The Morgan fingerprint density at radius 1 is 1.28 bits per heavy atom. The van der Waals surface area contributed by atoms with Gasteiger partial charge in [-0.25, -0.2) is 4.79 Å². The zero-order chi connectivity index (χ0) is 22.5. The van der Waals surface area contributed by atoms with Crippen molar-refractivity contribution in [3.63, 3.8) is 0 Å². The lowest BCUT2D eigenvalue weighted by molar-refractivity contribution is -0.121. The fourth-order valence-corrected chi connectivity index (χ4v) is 3.67. The molecule has 0 saturated carbocycles. The summed E-state index contributed by atoms with van der Waals surface area (Å²) in [6, 6.07) is 15.0. The Labute approximate surface area is 190 Å². The average molecular weight is 454 g/mol. The smallest absolute Gasteiger partial charge is 0.414 e. The summed E-state index contributed by atoms with van der Waals surface area (Å²) in [6.07, 6.45) is -0.106. The lowest BCUT2D eigenvalue weighted by atomic mass is 10.2. The maximum absolute atomic E-state index is 12.5. The van der Waals surface area contributed by atoms with Gasteiger partial charge in [-0.3, -0.25) is 19.4 Å². The van der Waals surface area contributed by atoms with Crippen LogP contribution in [-0.4, -0.2) is 47.0 Å². The number of hydrogen-bond donors (Lipinski definition) is 2. The molecule has 1 aliphatic rings. The SMILES string of the molecule is COc1ccc(-c2n[nH]c(=S)n2CCC(=O)NCc2cccc(N3CCOC3=O)c2)cc1. The van der Waals surface area contributed by atoms with Gasteiger partial charge >= 0.3 is 6.09 Å². The van der Waals surface area contributed by atoms with E-state index >= 15 is 0 Å². The molecule has 2 heterocycles. The number of nitrogens with one attached hydrogen (secondary N) is 2. The van der Waals surface area contributed by atoms with Crippen molar-refractivity contribution < 1.29 is 19.1 Å². The van der Waals surface area contributed by atoms with E-state index in [-0.39, 0.29) is 18.4 Å². The minimum absolute atomic E-state index is 0.111. The van der Waals surface area contributed by atoms with E-state index < -0.39 is 0 Å². The van der Waals surface area contributed by atoms with Crippen LogP contribution in [0.15, 0.2) is 48.5 Å². The number of hydrogen-bond acceptors (Lipinski definition) is 6. The Balaban J connectivity index is 1.35. The van der Waals surface area contributed by atoms with Gasteiger partial charge in [0.1, 0.15) is 12.4 Å². The number of nitrogens with zero attached hydrogens (tertiary/aromatic N) is 3. The molecule has 0 radical (unpaired) electrons. The molecule has 1 aromatic heterocycles. The predicted molar refractivity (Wildman–Crippen MR) is 121 cm³/mol. The fraction of sp³-hybridized carbons (Fsp3) is 0.273. The third kappa shape index (κ3) is 4.80. The Hall–Kier alpha value is -3.66. The molecule has 10 heteroatoms. The quantitative estimate of drug-likeness (QED) is 0.508. The van der Waals surface area contributed by atoms with Crippen LogP contribution in [0.5, 0.6) is 5.75 Å². The third-order valence-corrected chi connectivity index (χ3v) is 5.45. The Bertz CT molecular complexity index is 1170. The van der Waals surface area contributed by atoms with Gasteiger partial charge in [-0.05, 0) is 54.2 Å². The van der Waals surface area contributed by atoms with Gasteiger partial charge in [0.05, 0.1) is 13.7 Å². The van der Waals surface area contributed by atoms with Crippen molar-refractivity contribution in [3.8, 4) is 17.1 Å². The van der Waals surface area contributed by atoms with E-state index in [1.54, 1.807) is 16.6 Å². The van der Waals surface area contributed by atoms with Crippen LogP contribution in [0.1, 0.15) is 12.0 Å². The van der Waals surface area contributed by atoms with Crippen molar-refractivity contribution in [1.29, 1.82) is 0 Å². The third-order valence-electron chi connectivity index (χ3n) is 5.14. The van der Waals surface area contributed by atoms with E-state index in [2.05, 4.69) is 15.5 Å². The predicted octanol–water partition coefficient (Wildman–Crippen LogP) is 3.28. The summed E-state index contributed by atoms with van der Waals surface area (Å²) in [7, 11) is 1.61. The molecule has 2 amide bonds. The van der Waals surface area contributed by atoms with Crippen molar-refractivity contribution in [2.45, 2.75) is 19.5 Å². The number of amides is 2. The van der Waals surface area contributed by atoms with Crippen molar-refractivity contribution >= 4 is 29.9 Å². The molecule has 0 bridgehead atoms. The standard InChI is InChI=1S/C22H23N5O4S/c1-30-18-7-5-16(6-8-18)20-24-25-21(32)27(20)10-9-19(28)23-14-15-3-2-4-17(13-15)26-11-12-31-22(26)29/h2-8,13H,9-12,14H2,1H3,(H,23,28)(H,25,32). The summed E-state index contributed by atoms with van der Waals surface area (Å²) in [6.45, 7) is 1.66. The van der Waals surface area contributed by atoms with E-state index in [4.69, 9.17) is 21.7 Å². The van der Waals surface area contributed by atoms with E-state index in [1.807, 2.05) is 48.5 Å². The van der Waals surface area contributed by atoms with Gasteiger partial charge < -0.3 is 14.8 Å². The van der Waals surface area contributed by atoms with Gasteiger partial charge in [-0.15, -0.1) is 0 Å². The molecule has 0 spiro atoms. The zero-order valence-corrected chi connectivity index (χ0v) is 18.4. The molecule has 4 rings (SSSR count). The van der Waals surface area contributed by atoms with Crippen molar-refractivity contribution in [2.75, 3.05) is 25.2 Å². The highest BCUT2D eigenvalue weighted by molar-refractivity contribution is 7.71. The first-order valence-electron chi connectivity index (χ1n) is 10.1. The number of carbonyl (C=O) groups is 2. The van der Waals surface area contributed by atoms with Crippen LogP contribution in [0.25, 0.3) is 11.4 Å². The molecule has 1 fully saturated rings. The van der Waals surface area contributed by atoms with Crippen LogP contribution in [0.3, 0.4) is 0 Å². The number of aromatic nitrogens is 3. The number of aromatic amines is 1. The number of carbonyl (C=O) groups excluding carboxylic acids is 2. The summed E-state index contributed by atoms with van der Waals surface area (Å²) in [5.74, 6) is 1.30. The van der Waals surface area contributed by atoms with Gasteiger partial charge in [0.15, 0.2) is 10.6 Å². The molecule has 32 heavy (non-hydrogen) atoms. The summed E-state index contributed by atoms with van der Waals surface area (Å²) in [5.41, 5.74) is 2.53. The van der Waals surface area contributed by atoms with Crippen LogP contribution in [-0.2, 0) is 22.6 Å². The second-order valence-corrected chi connectivity index (χ2v) is 7.58. The first kappa shape index (κ1) is 21.6. The summed E-state index contributed by atoms with van der Waals surface area (Å²) >= 11 is 5.34. The molecule has 3 aromatic rings. The zero-order valence-electron chi connectivity index (χ0n) is 17.5. The largest absolute Gasteiger partial charge is 0.497 e. The molecule has 0 aliphatic carbocycles. The molecule has 9 nitrogen and oxygen atoms in total. The second-order valence-electron chi connectivity index (χ2n) is 7.20. The molecule has 166 valence electrons. The molecule has 2 aromatic carbocycles. The van der Waals surface area contributed by atoms with Crippen molar-refractivity contribution in [3.05, 3.63) is 58.9 Å². The number of anilines is 1. The lowest BCUT2D eigenvalue weighted by Crippen LogP contribution is -2.25. The Kier molecular flexibility index (Phi) is 6.50. The van der Waals surface area contributed by atoms with E-state index in [0.717, 1.165) is 22.6 Å². The summed E-state index contributed by atoms with van der Waals surface area (Å²) < 4.78 is 12.4. The molecule has 1 aliphatic heterocycles. The highest BCUT2D eigenvalue weighted by atomic mass is 32.1. The molecular formula is C22H23N5O4S. The molecule has 2 N–H and O–H groups in total. The maximum atomic E-state index is 12.5. The summed E-state index contributed by atoms with van der Waals surface area (Å²) in [4.78, 5) is 25.8. The maximum Gasteiger partial charge on any atom is 0.414 e. The minimum atomic E-state index is -0.351. The van der Waals surface area contributed by atoms with E-state index in [9.17, 15) is 9.59 Å². The number of benzene rings is 2. The first-order chi connectivity index (χ1) is 15.5. The van der Waals surface area contributed by atoms with E-state index in [1.165, 1.54) is 0 Å². The van der Waals surface area contributed by atoms with Crippen LogP contribution < -0.4 is 15.0 Å². The molecule has 0 unspecified atom stereocenters. The van der Waals surface area contributed by atoms with Gasteiger partial charge in [-0.2, -0.15) is 5.10 Å². The normalized spacial score (nSPS) is 13.2. The van der Waals surface area contributed by atoms with Gasteiger partial charge in [0.25, 0.3) is 0 Å². The number of H-pyrrole nitrogens is 1. The fourth-order valence-electron chi connectivity index (χ4n) is 3.45. The van der Waals surface area contributed by atoms with Crippen LogP contribution >= 0.6 is 12.2 Å². The minimum Gasteiger partial charge on any atom is -0.497 e. The van der Waals surface area contributed by atoms with Crippen molar-refractivity contribution in [2.24, 2.45) is 0 Å². The van der Waals surface area contributed by atoms with Gasteiger partial charge in [0, 0.05) is 30.8 Å². The highest BCUT2D eigenvalue weighted by Gasteiger charge is 2.23. The monoisotopic (exact) mass is 453 g/mol. The Morgan fingerprint density at radius 3 is 2.81 bits per heavy atom.